The highest BCUT2D eigenvalue weighted by Gasteiger charge is 2.16. The zero-order valence-corrected chi connectivity index (χ0v) is 34.3. The average Bonchev–Trinajstić information content (AvgIpc) is 3.34. The molecule has 3 heteroatoms. The summed E-state index contributed by atoms with van der Waals surface area (Å²) in [6.07, 6.45) is 0. The largest absolute Gasteiger partial charge is 0.497 e. The van der Waals surface area contributed by atoms with E-state index in [0.717, 1.165) is 62.1 Å². The fourth-order valence-corrected chi connectivity index (χ4v) is 7.53. The first kappa shape index (κ1) is 39.2. The molecule has 0 aliphatic heterocycles. The zero-order chi connectivity index (χ0) is 41.1. The van der Waals surface area contributed by atoms with Gasteiger partial charge in [0.15, 0.2) is 0 Å². The van der Waals surface area contributed by atoms with E-state index in [1.807, 2.05) is 26.0 Å². The van der Waals surface area contributed by atoms with Crippen LogP contribution < -0.4 is 14.5 Å². The minimum absolute atomic E-state index is 0.854. The molecule has 0 heterocycles. The van der Waals surface area contributed by atoms with Crippen LogP contribution in [-0.2, 0) is 0 Å². The lowest BCUT2D eigenvalue weighted by molar-refractivity contribution is 0.415. The molecule has 0 bridgehead atoms. The summed E-state index contributed by atoms with van der Waals surface area (Å²) in [4.78, 5) is 4.63. The molecular formula is C57H48N2O. The second-order valence-electron chi connectivity index (χ2n) is 14.2. The van der Waals surface area contributed by atoms with Gasteiger partial charge in [0.05, 0.1) is 7.11 Å². The second-order valence-corrected chi connectivity index (χ2v) is 14.2. The minimum Gasteiger partial charge on any atom is -0.497 e. The van der Waals surface area contributed by atoms with Crippen molar-refractivity contribution in [3.8, 4) is 50.3 Å². The van der Waals surface area contributed by atoms with Crippen LogP contribution in [0.3, 0.4) is 0 Å². The van der Waals surface area contributed by atoms with E-state index < -0.39 is 0 Å². The third-order valence-corrected chi connectivity index (χ3v) is 10.6. The second kappa shape index (κ2) is 18.8. The fourth-order valence-electron chi connectivity index (χ4n) is 7.53. The maximum absolute atomic E-state index is 5.36. The molecule has 0 aliphatic carbocycles. The van der Waals surface area contributed by atoms with Gasteiger partial charge in [-0.15, -0.1) is 0 Å². The SMILES string of the molecule is CC.COc1ccc(-c2ccc(N(c3ccccc3)c3ccc(-c4ccc(N(c5ccc(-c6ccccc6)cc5)c5ccc(-c6ccccc6)cc5)cc4)cc3)cc2)cc1. The highest BCUT2D eigenvalue weighted by atomic mass is 16.5. The quantitative estimate of drug-likeness (QED) is 0.130. The molecule has 60 heavy (non-hydrogen) atoms. The summed E-state index contributed by atoms with van der Waals surface area (Å²) < 4.78 is 5.36. The van der Waals surface area contributed by atoms with Crippen molar-refractivity contribution < 1.29 is 4.74 Å². The third-order valence-electron chi connectivity index (χ3n) is 10.6. The number of benzene rings is 9. The van der Waals surface area contributed by atoms with Gasteiger partial charge in [-0.3, -0.25) is 0 Å². The van der Waals surface area contributed by atoms with Gasteiger partial charge in [0.1, 0.15) is 5.75 Å². The maximum Gasteiger partial charge on any atom is 0.118 e. The van der Waals surface area contributed by atoms with E-state index in [2.05, 4.69) is 234 Å². The predicted octanol–water partition coefficient (Wildman–Crippen LogP) is 16.3. The van der Waals surface area contributed by atoms with Crippen molar-refractivity contribution in [3.05, 3.63) is 237 Å². The Morgan fingerprint density at radius 1 is 0.233 bits per heavy atom. The smallest absolute Gasteiger partial charge is 0.118 e. The number of nitrogens with zero attached hydrogens (tertiary/aromatic N) is 2. The molecule has 0 aliphatic rings. The van der Waals surface area contributed by atoms with E-state index >= 15 is 0 Å². The van der Waals surface area contributed by atoms with Gasteiger partial charge in [0, 0.05) is 34.1 Å². The lowest BCUT2D eigenvalue weighted by atomic mass is 10.0. The topological polar surface area (TPSA) is 15.7 Å². The van der Waals surface area contributed by atoms with Gasteiger partial charge >= 0.3 is 0 Å². The molecule has 3 nitrogen and oxygen atoms in total. The normalized spacial score (nSPS) is 10.6. The Morgan fingerprint density at radius 3 is 0.683 bits per heavy atom. The molecule has 0 spiro atoms. The Kier molecular flexibility index (Phi) is 12.3. The van der Waals surface area contributed by atoms with Gasteiger partial charge in [-0.1, -0.05) is 166 Å². The van der Waals surface area contributed by atoms with Crippen molar-refractivity contribution in [1.29, 1.82) is 0 Å². The van der Waals surface area contributed by atoms with Gasteiger partial charge in [-0.2, -0.15) is 0 Å². The minimum atomic E-state index is 0.854. The van der Waals surface area contributed by atoms with E-state index in [9.17, 15) is 0 Å². The van der Waals surface area contributed by atoms with Gasteiger partial charge in [0.25, 0.3) is 0 Å². The Bertz CT molecular complexity index is 2600. The van der Waals surface area contributed by atoms with Crippen LogP contribution in [0.2, 0.25) is 0 Å². The number of ether oxygens (including phenoxy) is 1. The summed E-state index contributed by atoms with van der Waals surface area (Å²) in [5, 5.41) is 0. The Hall–Kier alpha value is -7.62. The molecular weight excluding hydrogens is 729 g/mol. The van der Waals surface area contributed by atoms with Crippen LogP contribution in [0.4, 0.5) is 34.1 Å². The van der Waals surface area contributed by atoms with E-state index in [1.165, 1.54) is 22.3 Å². The maximum atomic E-state index is 5.36. The summed E-state index contributed by atoms with van der Waals surface area (Å²) in [5.74, 6) is 0.854. The summed E-state index contributed by atoms with van der Waals surface area (Å²) >= 11 is 0. The van der Waals surface area contributed by atoms with Crippen LogP contribution >= 0.6 is 0 Å². The van der Waals surface area contributed by atoms with E-state index in [1.54, 1.807) is 7.11 Å². The number of methoxy groups -OCH3 is 1. The van der Waals surface area contributed by atoms with Gasteiger partial charge < -0.3 is 14.5 Å². The summed E-state index contributed by atoms with van der Waals surface area (Å²) in [5.41, 5.74) is 16.0. The van der Waals surface area contributed by atoms with E-state index in [0.29, 0.717) is 0 Å². The molecule has 0 unspecified atom stereocenters. The highest BCUT2D eigenvalue weighted by Crippen LogP contribution is 2.39. The highest BCUT2D eigenvalue weighted by molar-refractivity contribution is 5.83. The van der Waals surface area contributed by atoms with Crippen LogP contribution in [0.15, 0.2) is 237 Å². The lowest BCUT2D eigenvalue weighted by Gasteiger charge is -2.26. The molecule has 0 radical (unpaired) electrons. The van der Waals surface area contributed by atoms with Crippen LogP contribution in [0.5, 0.6) is 5.75 Å². The third kappa shape index (κ3) is 8.77. The van der Waals surface area contributed by atoms with Crippen molar-refractivity contribution in [2.45, 2.75) is 13.8 Å². The van der Waals surface area contributed by atoms with Gasteiger partial charge in [-0.05, 0) is 129 Å². The van der Waals surface area contributed by atoms with Crippen molar-refractivity contribution in [2.24, 2.45) is 0 Å². The molecule has 0 N–H and O–H groups in total. The summed E-state index contributed by atoms with van der Waals surface area (Å²) in [6.45, 7) is 4.00. The Balaban J connectivity index is 0.00000246. The van der Waals surface area contributed by atoms with Crippen molar-refractivity contribution in [2.75, 3.05) is 16.9 Å². The van der Waals surface area contributed by atoms with Crippen molar-refractivity contribution in [1.82, 2.24) is 0 Å². The van der Waals surface area contributed by atoms with E-state index in [4.69, 9.17) is 4.74 Å². The number of rotatable bonds is 11. The Labute approximate surface area is 355 Å². The number of anilines is 6. The standard InChI is InChI=1S/C55H42N2O.C2H6/c1-58-55-39-27-48(28-40-55)47-25-35-51(36-26-47)56(49-15-9-4-10-16-49)50-33-21-45(22-34-50)46-23-37-54(38-24-46)57(52-29-17-43(18-30-52)41-11-5-2-6-12-41)53-31-19-44(20-32-53)42-13-7-3-8-14-42;1-2/h2-40H,1H3;1-2H3. The summed E-state index contributed by atoms with van der Waals surface area (Å²) in [7, 11) is 1.69. The molecule has 292 valence electrons. The summed E-state index contributed by atoms with van der Waals surface area (Å²) in [6, 6.07) is 84.0. The number of hydrogen-bond acceptors (Lipinski definition) is 3. The molecule has 9 aromatic carbocycles. The average molecular weight is 777 g/mol. The van der Waals surface area contributed by atoms with E-state index in [-0.39, 0.29) is 0 Å². The first-order valence-corrected chi connectivity index (χ1v) is 20.6. The molecule has 9 aromatic rings. The van der Waals surface area contributed by atoms with Crippen molar-refractivity contribution in [3.63, 3.8) is 0 Å². The molecule has 0 amide bonds. The molecule has 0 aromatic heterocycles. The number of hydrogen-bond donors (Lipinski definition) is 0. The van der Waals surface area contributed by atoms with Gasteiger partial charge in [-0.25, -0.2) is 0 Å². The van der Waals surface area contributed by atoms with Crippen LogP contribution in [0, 0.1) is 0 Å². The monoisotopic (exact) mass is 776 g/mol. The predicted molar refractivity (Wildman–Crippen MR) is 255 cm³/mol. The lowest BCUT2D eigenvalue weighted by Crippen LogP contribution is -2.10. The fraction of sp³-hybridized carbons (Fsp3) is 0.0526. The van der Waals surface area contributed by atoms with Crippen LogP contribution in [0.1, 0.15) is 13.8 Å². The van der Waals surface area contributed by atoms with Crippen LogP contribution in [-0.4, -0.2) is 7.11 Å². The Morgan fingerprint density at radius 2 is 0.433 bits per heavy atom. The molecule has 0 saturated carbocycles. The molecule has 9 rings (SSSR count). The molecule has 0 atom stereocenters. The van der Waals surface area contributed by atoms with Crippen LogP contribution in [0.25, 0.3) is 44.5 Å². The van der Waals surface area contributed by atoms with Gasteiger partial charge in [0.2, 0.25) is 0 Å². The first-order chi connectivity index (χ1) is 29.7. The first-order valence-electron chi connectivity index (χ1n) is 20.6. The molecule has 0 fully saturated rings. The number of para-hydroxylation sites is 1. The molecule has 0 saturated heterocycles. The zero-order valence-electron chi connectivity index (χ0n) is 34.3. The van der Waals surface area contributed by atoms with Crippen molar-refractivity contribution >= 4 is 34.1 Å².